The number of Topliss-reactive ketones (excluding diaryl/α,β-unsaturated/α-hetero) is 1. The zero-order valence-corrected chi connectivity index (χ0v) is 23.5. The van der Waals surface area contributed by atoms with E-state index in [4.69, 9.17) is 4.74 Å². The van der Waals surface area contributed by atoms with Crippen LogP contribution in [0.1, 0.15) is 106 Å². The highest BCUT2D eigenvalue weighted by Gasteiger charge is 2.70. The molecule has 0 aromatic heterocycles. The Balaban J connectivity index is 1.49. The van der Waals surface area contributed by atoms with E-state index in [2.05, 4.69) is 20.8 Å². The third kappa shape index (κ3) is 4.09. The van der Waals surface area contributed by atoms with Gasteiger partial charge in [-0.1, -0.05) is 34.1 Å². The highest BCUT2D eigenvalue weighted by Crippen LogP contribution is 2.68. The van der Waals surface area contributed by atoms with E-state index in [0.717, 1.165) is 32.1 Å². The van der Waals surface area contributed by atoms with Crippen molar-refractivity contribution in [1.29, 1.82) is 0 Å². The van der Waals surface area contributed by atoms with Crippen LogP contribution in [0.25, 0.3) is 0 Å². The predicted octanol–water partition coefficient (Wildman–Crippen LogP) is 4.67. The van der Waals surface area contributed by atoms with Gasteiger partial charge in [0.25, 0.3) is 0 Å². The zero-order chi connectivity index (χ0) is 26.8. The Labute approximate surface area is 217 Å². The molecule has 36 heavy (non-hydrogen) atoms. The summed E-state index contributed by atoms with van der Waals surface area (Å²) in [6.07, 6.45) is 5.32. The van der Waals surface area contributed by atoms with Gasteiger partial charge < -0.3 is 20.1 Å². The van der Waals surface area contributed by atoms with Gasteiger partial charge in [-0.3, -0.25) is 9.59 Å². The minimum Gasteiger partial charge on any atom is -0.460 e. The fraction of sp³-hybridized carbons (Fsp3) is 0.933. The van der Waals surface area contributed by atoms with Gasteiger partial charge in [0, 0.05) is 18.8 Å². The summed E-state index contributed by atoms with van der Waals surface area (Å²) in [4.78, 5) is 25.0. The highest BCUT2D eigenvalue weighted by atomic mass is 16.6. The van der Waals surface area contributed by atoms with Crippen molar-refractivity contribution in [1.82, 2.24) is 0 Å². The fourth-order valence-corrected chi connectivity index (χ4v) is 9.60. The van der Waals surface area contributed by atoms with E-state index in [-0.39, 0.29) is 34.9 Å². The number of ketones is 1. The van der Waals surface area contributed by atoms with E-state index >= 15 is 0 Å². The van der Waals surface area contributed by atoms with E-state index in [1.165, 1.54) is 13.3 Å². The molecule has 4 saturated carbocycles. The molecule has 0 aromatic carbocycles. The van der Waals surface area contributed by atoms with Gasteiger partial charge in [-0.25, -0.2) is 0 Å². The van der Waals surface area contributed by atoms with Gasteiger partial charge in [-0.2, -0.15) is 0 Å². The predicted molar refractivity (Wildman–Crippen MR) is 138 cm³/mol. The molecule has 11 atom stereocenters. The third-order valence-corrected chi connectivity index (χ3v) is 12.1. The lowest BCUT2D eigenvalue weighted by Gasteiger charge is -2.64. The number of hydrogen-bond donors (Lipinski definition) is 3. The summed E-state index contributed by atoms with van der Waals surface area (Å²) in [6, 6.07) is 0. The molecule has 4 aliphatic rings. The van der Waals surface area contributed by atoms with Crippen molar-refractivity contribution >= 4 is 11.8 Å². The Morgan fingerprint density at radius 3 is 2.36 bits per heavy atom. The Morgan fingerprint density at radius 1 is 1.06 bits per heavy atom. The maximum atomic E-state index is 13.5. The monoisotopic (exact) mass is 506 g/mol. The van der Waals surface area contributed by atoms with Crippen LogP contribution in [0.15, 0.2) is 0 Å². The maximum Gasteiger partial charge on any atom is 0.303 e. The normalized spacial score (nSPS) is 46.3. The van der Waals surface area contributed by atoms with E-state index in [9.17, 15) is 24.9 Å². The Hall–Kier alpha value is -0.980. The molecule has 0 spiro atoms. The van der Waals surface area contributed by atoms with Crippen LogP contribution < -0.4 is 0 Å². The Morgan fingerprint density at radius 2 is 1.72 bits per heavy atom. The van der Waals surface area contributed by atoms with Gasteiger partial charge in [-0.05, 0) is 99.7 Å². The zero-order valence-electron chi connectivity index (χ0n) is 23.5. The third-order valence-electron chi connectivity index (χ3n) is 12.1. The molecule has 0 aliphatic heterocycles. The highest BCUT2D eigenvalue weighted by molar-refractivity contribution is 5.90. The summed E-state index contributed by atoms with van der Waals surface area (Å²) in [7, 11) is 0. The van der Waals surface area contributed by atoms with Crippen molar-refractivity contribution in [2.75, 3.05) is 0 Å². The lowest BCUT2D eigenvalue weighted by atomic mass is 9.42. The number of rotatable bonds is 6. The summed E-state index contributed by atoms with van der Waals surface area (Å²) in [5, 5.41) is 32.7. The lowest BCUT2D eigenvalue weighted by molar-refractivity contribution is -0.250. The van der Waals surface area contributed by atoms with Crippen molar-refractivity contribution in [3.8, 4) is 0 Å². The van der Waals surface area contributed by atoms with Crippen molar-refractivity contribution in [2.45, 2.75) is 130 Å². The largest absolute Gasteiger partial charge is 0.460 e. The van der Waals surface area contributed by atoms with Gasteiger partial charge in [0.15, 0.2) is 11.4 Å². The Kier molecular flexibility index (Phi) is 7.27. The molecule has 0 unspecified atom stereocenters. The summed E-state index contributed by atoms with van der Waals surface area (Å²) in [5.41, 5.74) is -2.82. The number of aliphatic hydroxyl groups excluding tert-OH is 2. The van der Waals surface area contributed by atoms with E-state index < -0.39 is 28.8 Å². The molecular weight excluding hydrogens is 456 g/mol. The molecule has 206 valence electrons. The summed E-state index contributed by atoms with van der Waals surface area (Å²) >= 11 is 0. The van der Waals surface area contributed by atoms with Crippen LogP contribution in [0.4, 0.5) is 0 Å². The smallest absolute Gasteiger partial charge is 0.303 e. The van der Waals surface area contributed by atoms with E-state index in [1.54, 1.807) is 0 Å². The minimum absolute atomic E-state index is 0.175. The van der Waals surface area contributed by atoms with Gasteiger partial charge in [0.1, 0.15) is 11.7 Å². The second kappa shape index (κ2) is 9.34. The number of esters is 1. The Bertz CT molecular complexity index is 870. The fourth-order valence-electron chi connectivity index (χ4n) is 9.60. The first-order chi connectivity index (χ1) is 16.6. The number of hydrogen-bond acceptors (Lipinski definition) is 6. The molecule has 6 heteroatoms. The molecule has 0 bridgehead atoms. The van der Waals surface area contributed by atoms with Crippen LogP contribution in [0.5, 0.6) is 0 Å². The van der Waals surface area contributed by atoms with Crippen molar-refractivity contribution in [3.05, 3.63) is 0 Å². The molecule has 4 aliphatic carbocycles. The molecule has 4 fully saturated rings. The SMILES string of the molecule is CC(=O)OC(C)(C)[C@@H](C)CC[C@H](C)[C@H]1CC[C@H]2[C@@H]3CC(=O)[C@]4(O)[C@@H](O)[C@@H](O)CC[C@]4(C)[C@H]3CC[C@]12C. The molecule has 0 amide bonds. The molecule has 6 nitrogen and oxygen atoms in total. The average molecular weight is 507 g/mol. The molecule has 4 rings (SSSR count). The topological polar surface area (TPSA) is 104 Å². The van der Waals surface area contributed by atoms with Crippen molar-refractivity contribution < 1.29 is 29.6 Å². The minimum atomic E-state index is -1.84. The van der Waals surface area contributed by atoms with Crippen molar-refractivity contribution in [3.63, 3.8) is 0 Å². The second-order valence-corrected chi connectivity index (χ2v) is 14.1. The van der Waals surface area contributed by atoms with Gasteiger partial charge in [0.2, 0.25) is 0 Å². The molecule has 0 saturated heterocycles. The van der Waals surface area contributed by atoms with Crippen LogP contribution in [0.3, 0.4) is 0 Å². The van der Waals surface area contributed by atoms with Gasteiger partial charge >= 0.3 is 5.97 Å². The summed E-state index contributed by atoms with van der Waals surface area (Å²) < 4.78 is 5.58. The second-order valence-electron chi connectivity index (χ2n) is 14.1. The standard InChI is InChI=1S/C30H50O6/c1-17(8-9-18(2)27(4,5)36-19(3)31)21-10-11-22-20-16-25(33)30(35)26(34)24(32)13-15-29(30,7)23(20)12-14-28(21,22)6/h17-18,20-24,26,32,34-35H,8-16H2,1-7H3/t17-,18-,20-,21+,22-,23-,24-,26-,28+,29+,30-/m0/s1. The molecule has 0 aromatic rings. The number of aliphatic hydroxyl groups is 3. The van der Waals surface area contributed by atoms with Crippen molar-refractivity contribution in [2.24, 2.45) is 46.3 Å². The molecule has 0 radical (unpaired) electrons. The van der Waals surface area contributed by atoms with Crippen LogP contribution >= 0.6 is 0 Å². The van der Waals surface area contributed by atoms with E-state index in [1.807, 2.05) is 20.8 Å². The first-order valence-electron chi connectivity index (χ1n) is 14.4. The van der Waals surface area contributed by atoms with Gasteiger partial charge in [0.05, 0.1) is 6.10 Å². The average Bonchev–Trinajstić information content (AvgIpc) is 3.14. The van der Waals surface area contributed by atoms with Crippen LogP contribution in [0.2, 0.25) is 0 Å². The number of carbonyl (C=O) groups is 2. The molecule has 0 heterocycles. The first kappa shape index (κ1) is 28.0. The van der Waals surface area contributed by atoms with Crippen LogP contribution in [-0.4, -0.2) is 50.5 Å². The van der Waals surface area contributed by atoms with Gasteiger partial charge in [-0.15, -0.1) is 0 Å². The lowest BCUT2D eigenvalue weighted by Crippen LogP contribution is -2.73. The van der Waals surface area contributed by atoms with Crippen LogP contribution in [-0.2, 0) is 14.3 Å². The molecule has 3 N–H and O–H groups in total. The number of fused-ring (bicyclic) bond motifs is 5. The van der Waals surface area contributed by atoms with E-state index in [0.29, 0.717) is 37.0 Å². The maximum absolute atomic E-state index is 13.5. The quantitative estimate of drug-likeness (QED) is 0.453. The number of ether oxygens (including phenoxy) is 1. The summed E-state index contributed by atoms with van der Waals surface area (Å²) in [6.45, 7) is 14.5. The molecular formula is C30H50O6. The van der Waals surface area contributed by atoms with Crippen LogP contribution in [0, 0.1) is 46.3 Å². The summed E-state index contributed by atoms with van der Waals surface area (Å²) in [5.74, 6) is 1.80. The first-order valence-corrected chi connectivity index (χ1v) is 14.4. The number of carbonyl (C=O) groups excluding carboxylic acids is 2.